The summed E-state index contributed by atoms with van der Waals surface area (Å²) < 4.78 is 23.2. The van der Waals surface area contributed by atoms with Crippen LogP contribution in [-0.4, -0.2) is 49.7 Å². The number of para-hydroxylation sites is 1. The molecule has 0 aliphatic carbocycles. The van der Waals surface area contributed by atoms with Gasteiger partial charge in [0, 0.05) is 25.2 Å². The molecule has 2 atom stereocenters. The van der Waals surface area contributed by atoms with Gasteiger partial charge >= 0.3 is 0 Å². The number of hydrogen-bond acceptors (Lipinski definition) is 4. The third-order valence-electron chi connectivity index (χ3n) is 4.40. The van der Waals surface area contributed by atoms with E-state index in [-0.39, 0.29) is 35.8 Å². The van der Waals surface area contributed by atoms with Gasteiger partial charge in [-0.1, -0.05) is 18.2 Å². The quantitative estimate of drug-likeness (QED) is 0.871. The van der Waals surface area contributed by atoms with Gasteiger partial charge in [0.25, 0.3) is 0 Å². The lowest BCUT2D eigenvalue weighted by Gasteiger charge is -2.31. The molecule has 0 spiro atoms. The van der Waals surface area contributed by atoms with E-state index in [9.17, 15) is 18.0 Å². The Hall–Kier alpha value is -1.89. The van der Waals surface area contributed by atoms with Gasteiger partial charge in [0.05, 0.1) is 17.4 Å². The summed E-state index contributed by atoms with van der Waals surface area (Å²) in [6.45, 7) is 0. The van der Waals surface area contributed by atoms with Gasteiger partial charge in [0.15, 0.2) is 9.84 Å². The number of hydrogen-bond donors (Lipinski definition) is 1. The van der Waals surface area contributed by atoms with Crippen LogP contribution in [0.25, 0.3) is 0 Å². The Morgan fingerprint density at radius 3 is 2.73 bits per heavy atom. The van der Waals surface area contributed by atoms with Gasteiger partial charge < -0.3 is 10.2 Å². The molecular formula is C15H18N2O4S. The summed E-state index contributed by atoms with van der Waals surface area (Å²) in [5, 5.41) is 2.76. The lowest BCUT2D eigenvalue weighted by atomic mass is 9.89. The molecule has 1 aromatic rings. The van der Waals surface area contributed by atoms with E-state index >= 15 is 0 Å². The minimum atomic E-state index is -3.05. The van der Waals surface area contributed by atoms with Gasteiger partial charge in [-0.3, -0.25) is 9.59 Å². The van der Waals surface area contributed by atoms with Crippen LogP contribution in [0.4, 0.5) is 5.69 Å². The fraction of sp³-hybridized carbons (Fsp3) is 0.467. The van der Waals surface area contributed by atoms with E-state index < -0.39 is 15.8 Å². The predicted molar refractivity (Wildman–Crippen MR) is 82.3 cm³/mol. The number of nitrogens with zero attached hydrogens (tertiary/aromatic N) is 1. The van der Waals surface area contributed by atoms with Crippen molar-refractivity contribution < 1.29 is 18.0 Å². The van der Waals surface area contributed by atoms with Crippen molar-refractivity contribution >= 4 is 27.3 Å². The first-order chi connectivity index (χ1) is 10.4. The number of anilines is 1. The van der Waals surface area contributed by atoms with E-state index in [1.165, 1.54) is 4.90 Å². The van der Waals surface area contributed by atoms with Crippen LogP contribution in [0.1, 0.15) is 24.3 Å². The van der Waals surface area contributed by atoms with E-state index in [4.69, 9.17) is 0 Å². The van der Waals surface area contributed by atoms with E-state index in [1.807, 2.05) is 12.1 Å². The Kier molecular flexibility index (Phi) is 3.68. The Bertz CT molecular complexity index is 729. The molecule has 1 saturated heterocycles. The van der Waals surface area contributed by atoms with Gasteiger partial charge in [-0.25, -0.2) is 8.42 Å². The van der Waals surface area contributed by atoms with Crippen LogP contribution in [-0.2, 0) is 19.4 Å². The molecule has 0 saturated carbocycles. The van der Waals surface area contributed by atoms with Crippen molar-refractivity contribution in [2.45, 2.75) is 24.8 Å². The molecule has 1 N–H and O–H groups in total. The molecule has 1 aromatic carbocycles. The zero-order valence-electron chi connectivity index (χ0n) is 12.3. The maximum Gasteiger partial charge on any atom is 0.230 e. The summed E-state index contributed by atoms with van der Waals surface area (Å²) in [7, 11) is -1.42. The summed E-state index contributed by atoms with van der Waals surface area (Å²) in [5.41, 5.74) is 1.45. The first kappa shape index (κ1) is 15.0. The molecule has 0 unspecified atom stereocenters. The highest BCUT2D eigenvalue weighted by Crippen LogP contribution is 2.34. The minimum Gasteiger partial charge on any atom is -0.341 e. The number of carbonyl (C=O) groups excluding carboxylic acids is 2. The van der Waals surface area contributed by atoms with Gasteiger partial charge in [-0.05, 0) is 18.1 Å². The smallest absolute Gasteiger partial charge is 0.230 e. The standard InChI is InChI=1S/C15H18N2O4S/c1-17(10-6-7-22(20,21)9-10)15(19)12-8-14(18)16-13-5-3-2-4-11(12)13/h2-5,10,12H,6-9H2,1H3,(H,16,18)/t10-,12-/m0/s1. The van der Waals surface area contributed by atoms with Crippen LogP contribution in [0.3, 0.4) is 0 Å². The summed E-state index contributed by atoms with van der Waals surface area (Å²) in [4.78, 5) is 26.1. The normalized spacial score (nSPS) is 26.1. The lowest BCUT2D eigenvalue weighted by Crippen LogP contribution is -2.42. The first-order valence-corrected chi connectivity index (χ1v) is 9.05. The SMILES string of the molecule is CN(C(=O)[C@H]1CC(=O)Nc2ccccc21)[C@H]1CCS(=O)(=O)C1. The number of rotatable bonds is 2. The second-order valence-corrected chi connectivity index (χ2v) is 8.13. The number of sulfone groups is 1. The van der Waals surface area contributed by atoms with E-state index in [0.717, 1.165) is 5.56 Å². The summed E-state index contributed by atoms with van der Waals surface area (Å²) in [6.07, 6.45) is 0.560. The maximum absolute atomic E-state index is 12.8. The van der Waals surface area contributed by atoms with Crippen LogP contribution >= 0.6 is 0 Å². The fourth-order valence-corrected chi connectivity index (χ4v) is 4.91. The molecule has 6 nitrogen and oxygen atoms in total. The van der Waals surface area contributed by atoms with Gasteiger partial charge in [0.2, 0.25) is 11.8 Å². The largest absolute Gasteiger partial charge is 0.341 e. The van der Waals surface area contributed by atoms with E-state index in [0.29, 0.717) is 12.1 Å². The number of fused-ring (bicyclic) bond motifs is 1. The second kappa shape index (κ2) is 5.39. The maximum atomic E-state index is 12.8. The lowest BCUT2D eigenvalue weighted by molar-refractivity contribution is -0.135. The molecule has 1 fully saturated rings. The third-order valence-corrected chi connectivity index (χ3v) is 6.15. The topological polar surface area (TPSA) is 83.6 Å². The van der Waals surface area contributed by atoms with Crippen LogP contribution < -0.4 is 5.32 Å². The Morgan fingerprint density at radius 2 is 2.05 bits per heavy atom. The monoisotopic (exact) mass is 322 g/mol. The molecule has 0 bridgehead atoms. The molecule has 118 valence electrons. The summed E-state index contributed by atoms with van der Waals surface area (Å²) in [5.74, 6) is -0.792. The Morgan fingerprint density at radius 1 is 1.32 bits per heavy atom. The Balaban J connectivity index is 1.85. The average molecular weight is 322 g/mol. The van der Waals surface area contributed by atoms with Crippen molar-refractivity contribution in [1.29, 1.82) is 0 Å². The third kappa shape index (κ3) is 2.72. The van der Waals surface area contributed by atoms with Crippen LogP contribution in [0.5, 0.6) is 0 Å². The zero-order chi connectivity index (χ0) is 15.9. The molecule has 22 heavy (non-hydrogen) atoms. The van der Waals surface area contributed by atoms with Crippen molar-refractivity contribution in [2.24, 2.45) is 0 Å². The highest BCUT2D eigenvalue weighted by Gasteiger charge is 2.38. The van der Waals surface area contributed by atoms with Crippen LogP contribution in [0, 0.1) is 0 Å². The van der Waals surface area contributed by atoms with Crippen molar-refractivity contribution in [2.75, 3.05) is 23.9 Å². The molecule has 0 aromatic heterocycles. The average Bonchev–Trinajstić information content (AvgIpc) is 2.85. The number of carbonyl (C=O) groups is 2. The molecule has 0 radical (unpaired) electrons. The Labute approximate surface area is 129 Å². The van der Waals surface area contributed by atoms with E-state index in [1.54, 1.807) is 19.2 Å². The number of benzene rings is 1. The molecule has 2 heterocycles. The minimum absolute atomic E-state index is 0.00973. The molecule has 2 amide bonds. The molecule has 2 aliphatic rings. The first-order valence-electron chi connectivity index (χ1n) is 7.23. The second-order valence-electron chi connectivity index (χ2n) is 5.90. The zero-order valence-corrected chi connectivity index (χ0v) is 13.1. The number of amides is 2. The summed E-state index contributed by atoms with van der Waals surface area (Å²) >= 11 is 0. The van der Waals surface area contributed by atoms with Gasteiger partial charge in [-0.15, -0.1) is 0 Å². The number of nitrogens with one attached hydrogen (secondary N) is 1. The van der Waals surface area contributed by atoms with E-state index in [2.05, 4.69) is 5.32 Å². The van der Waals surface area contributed by atoms with Crippen LogP contribution in [0.15, 0.2) is 24.3 Å². The van der Waals surface area contributed by atoms with Crippen molar-refractivity contribution in [1.82, 2.24) is 4.90 Å². The van der Waals surface area contributed by atoms with Crippen LogP contribution in [0.2, 0.25) is 0 Å². The van der Waals surface area contributed by atoms with Crippen molar-refractivity contribution in [3.63, 3.8) is 0 Å². The number of likely N-dealkylation sites (N-methyl/N-ethyl adjacent to an activating group) is 1. The van der Waals surface area contributed by atoms with Crippen molar-refractivity contribution in [3.8, 4) is 0 Å². The fourth-order valence-electron chi connectivity index (χ4n) is 3.14. The highest BCUT2D eigenvalue weighted by molar-refractivity contribution is 7.91. The molecular weight excluding hydrogens is 304 g/mol. The highest BCUT2D eigenvalue weighted by atomic mass is 32.2. The molecule has 3 rings (SSSR count). The van der Waals surface area contributed by atoms with Gasteiger partial charge in [-0.2, -0.15) is 0 Å². The van der Waals surface area contributed by atoms with Gasteiger partial charge in [0.1, 0.15) is 0 Å². The molecule has 2 aliphatic heterocycles. The van der Waals surface area contributed by atoms with Crippen molar-refractivity contribution in [3.05, 3.63) is 29.8 Å². The molecule has 7 heteroatoms. The predicted octanol–water partition coefficient (Wildman–Crippen LogP) is 0.758. The summed E-state index contributed by atoms with van der Waals surface area (Å²) in [6, 6.07) is 6.94.